The Kier molecular flexibility index (Phi) is 4.25. The Morgan fingerprint density at radius 2 is 2.25 bits per heavy atom. The topological polar surface area (TPSA) is 62.7 Å². The van der Waals surface area contributed by atoms with Crippen LogP contribution in [0.25, 0.3) is 0 Å². The van der Waals surface area contributed by atoms with E-state index in [-0.39, 0.29) is 12.6 Å². The molecule has 0 aliphatic carbocycles. The first-order valence-corrected chi connectivity index (χ1v) is 4.98. The van der Waals surface area contributed by atoms with Gasteiger partial charge in [-0.2, -0.15) is 0 Å². The Hall–Kier alpha value is -1.62. The number of aryl methyl sites for hydroxylation is 1. The van der Waals surface area contributed by atoms with Gasteiger partial charge in [0.15, 0.2) is 0 Å². The van der Waals surface area contributed by atoms with Gasteiger partial charge < -0.3 is 14.7 Å². The zero-order valence-corrected chi connectivity index (χ0v) is 9.73. The molecule has 1 heterocycles. The standard InChI is InChI=1S/C11H16N2O3/c1-8-9(11(15)16-3)4-5-10(12-8)13(2)6-7-14/h4-5,14H,6-7H2,1-3H3. The van der Waals surface area contributed by atoms with Crippen molar-refractivity contribution < 1.29 is 14.6 Å². The van der Waals surface area contributed by atoms with Crippen LogP contribution in [0.15, 0.2) is 12.1 Å². The maximum atomic E-state index is 11.3. The van der Waals surface area contributed by atoms with E-state index in [0.717, 1.165) is 5.82 Å². The van der Waals surface area contributed by atoms with Crippen LogP contribution in [0, 0.1) is 6.92 Å². The molecule has 1 aromatic heterocycles. The molecule has 16 heavy (non-hydrogen) atoms. The zero-order chi connectivity index (χ0) is 12.1. The molecule has 5 heteroatoms. The van der Waals surface area contributed by atoms with Crippen molar-refractivity contribution in [2.45, 2.75) is 6.92 Å². The predicted octanol–water partition coefficient (Wildman–Crippen LogP) is 0.605. The number of rotatable bonds is 4. The summed E-state index contributed by atoms with van der Waals surface area (Å²) in [6, 6.07) is 3.41. The van der Waals surface area contributed by atoms with Crippen LogP contribution < -0.4 is 4.90 Å². The summed E-state index contributed by atoms with van der Waals surface area (Å²) in [5, 5.41) is 8.80. The molecule has 0 spiro atoms. The number of carbonyl (C=O) groups excluding carboxylic acids is 1. The highest BCUT2D eigenvalue weighted by Crippen LogP contribution is 2.14. The number of nitrogens with zero attached hydrogens (tertiary/aromatic N) is 2. The fourth-order valence-electron chi connectivity index (χ4n) is 1.35. The summed E-state index contributed by atoms with van der Waals surface area (Å²) in [4.78, 5) is 17.4. The first-order valence-electron chi connectivity index (χ1n) is 4.98. The van der Waals surface area contributed by atoms with E-state index in [0.29, 0.717) is 17.8 Å². The number of methoxy groups -OCH3 is 1. The van der Waals surface area contributed by atoms with Crippen molar-refractivity contribution in [2.24, 2.45) is 0 Å². The van der Waals surface area contributed by atoms with E-state index < -0.39 is 0 Å². The molecular weight excluding hydrogens is 208 g/mol. The van der Waals surface area contributed by atoms with Crippen LogP contribution in [-0.4, -0.2) is 43.4 Å². The van der Waals surface area contributed by atoms with Crippen LogP contribution in [0.4, 0.5) is 5.82 Å². The van der Waals surface area contributed by atoms with Crippen LogP contribution in [0.2, 0.25) is 0 Å². The van der Waals surface area contributed by atoms with Gasteiger partial charge >= 0.3 is 5.97 Å². The highest BCUT2D eigenvalue weighted by Gasteiger charge is 2.11. The van der Waals surface area contributed by atoms with Gasteiger partial charge in [0.2, 0.25) is 0 Å². The number of anilines is 1. The predicted molar refractivity (Wildman–Crippen MR) is 60.7 cm³/mol. The molecule has 0 aliphatic rings. The van der Waals surface area contributed by atoms with Gasteiger partial charge in [-0.1, -0.05) is 0 Å². The number of pyridine rings is 1. The van der Waals surface area contributed by atoms with Crippen molar-refractivity contribution in [3.63, 3.8) is 0 Å². The van der Waals surface area contributed by atoms with Gasteiger partial charge in [0, 0.05) is 13.6 Å². The molecule has 0 aliphatic heterocycles. The van der Waals surface area contributed by atoms with Crippen LogP contribution in [-0.2, 0) is 4.74 Å². The second kappa shape index (κ2) is 5.46. The number of aliphatic hydroxyl groups is 1. The summed E-state index contributed by atoms with van der Waals surface area (Å²) in [6.07, 6.45) is 0. The number of likely N-dealkylation sites (N-methyl/N-ethyl adjacent to an activating group) is 1. The minimum absolute atomic E-state index is 0.0655. The third kappa shape index (κ3) is 2.70. The largest absolute Gasteiger partial charge is 0.465 e. The number of aromatic nitrogens is 1. The van der Waals surface area contributed by atoms with Gasteiger partial charge in [0.1, 0.15) is 5.82 Å². The third-order valence-electron chi connectivity index (χ3n) is 2.30. The molecule has 1 rings (SSSR count). The summed E-state index contributed by atoms with van der Waals surface area (Å²) in [5.74, 6) is 0.334. The van der Waals surface area contributed by atoms with E-state index in [1.54, 1.807) is 19.1 Å². The van der Waals surface area contributed by atoms with E-state index in [4.69, 9.17) is 5.11 Å². The fraction of sp³-hybridized carbons (Fsp3) is 0.455. The molecule has 0 unspecified atom stereocenters. The van der Waals surface area contributed by atoms with Crippen molar-refractivity contribution >= 4 is 11.8 Å². The lowest BCUT2D eigenvalue weighted by Gasteiger charge is -2.17. The second-order valence-corrected chi connectivity index (χ2v) is 3.44. The van der Waals surface area contributed by atoms with E-state index >= 15 is 0 Å². The minimum atomic E-state index is -0.388. The average Bonchev–Trinajstić information content (AvgIpc) is 2.28. The van der Waals surface area contributed by atoms with Crippen LogP contribution >= 0.6 is 0 Å². The van der Waals surface area contributed by atoms with Gasteiger partial charge in [-0.25, -0.2) is 9.78 Å². The first kappa shape index (κ1) is 12.4. The van der Waals surface area contributed by atoms with Gasteiger partial charge in [0.05, 0.1) is 25.0 Å². The summed E-state index contributed by atoms with van der Waals surface area (Å²) in [7, 11) is 3.17. The second-order valence-electron chi connectivity index (χ2n) is 3.44. The molecule has 0 fully saturated rings. The monoisotopic (exact) mass is 224 g/mol. The van der Waals surface area contributed by atoms with Gasteiger partial charge in [-0.15, -0.1) is 0 Å². The van der Waals surface area contributed by atoms with Crippen molar-refractivity contribution in [3.8, 4) is 0 Å². The Balaban J connectivity index is 2.94. The molecule has 0 radical (unpaired) electrons. The quantitative estimate of drug-likeness (QED) is 0.759. The maximum absolute atomic E-state index is 11.3. The van der Waals surface area contributed by atoms with Crippen LogP contribution in [0.1, 0.15) is 16.1 Å². The number of hydrogen-bond acceptors (Lipinski definition) is 5. The van der Waals surface area contributed by atoms with Crippen molar-refractivity contribution in [2.75, 3.05) is 32.2 Å². The third-order valence-corrected chi connectivity index (χ3v) is 2.30. The van der Waals surface area contributed by atoms with Crippen molar-refractivity contribution in [1.82, 2.24) is 4.98 Å². The SMILES string of the molecule is COC(=O)c1ccc(N(C)CCO)nc1C. The van der Waals surface area contributed by atoms with Gasteiger partial charge in [0.25, 0.3) is 0 Å². The molecule has 5 nitrogen and oxygen atoms in total. The Bertz CT molecular complexity index is 379. The van der Waals surface area contributed by atoms with Gasteiger partial charge in [-0.3, -0.25) is 0 Å². The molecule has 0 bridgehead atoms. The maximum Gasteiger partial charge on any atom is 0.339 e. The lowest BCUT2D eigenvalue weighted by Crippen LogP contribution is -2.22. The van der Waals surface area contributed by atoms with Crippen LogP contribution in [0.5, 0.6) is 0 Å². The van der Waals surface area contributed by atoms with E-state index in [1.165, 1.54) is 7.11 Å². The Morgan fingerprint density at radius 3 is 2.75 bits per heavy atom. The lowest BCUT2D eigenvalue weighted by molar-refractivity contribution is 0.0599. The number of carbonyl (C=O) groups is 1. The molecule has 0 amide bonds. The number of ether oxygens (including phenoxy) is 1. The summed E-state index contributed by atoms with van der Waals surface area (Å²) >= 11 is 0. The summed E-state index contributed by atoms with van der Waals surface area (Å²) < 4.78 is 4.63. The molecule has 0 saturated heterocycles. The average molecular weight is 224 g/mol. The number of aliphatic hydroxyl groups excluding tert-OH is 1. The van der Waals surface area contributed by atoms with E-state index in [9.17, 15) is 4.79 Å². The smallest absolute Gasteiger partial charge is 0.339 e. The fourth-order valence-corrected chi connectivity index (χ4v) is 1.35. The first-order chi connectivity index (χ1) is 7.60. The molecule has 1 N–H and O–H groups in total. The Morgan fingerprint density at radius 1 is 1.56 bits per heavy atom. The van der Waals surface area contributed by atoms with Gasteiger partial charge in [-0.05, 0) is 19.1 Å². The highest BCUT2D eigenvalue weighted by atomic mass is 16.5. The van der Waals surface area contributed by atoms with E-state index in [2.05, 4.69) is 9.72 Å². The zero-order valence-electron chi connectivity index (χ0n) is 9.73. The molecule has 0 saturated carbocycles. The van der Waals surface area contributed by atoms with Crippen LogP contribution in [0.3, 0.4) is 0 Å². The molecule has 0 atom stereocenters. The summed E-state index contributed by atoms with van der Waals surface area (Å²) in [6.45, 7) is 2.32. The lowest BCUT2D eigenvalue weighted by atomic mass is 10.2. The molecule has 1 aromatic rings. The number of esters is 1. The molecular formula is C11H16N2O3. The van der Waals surface area contributed by atoms with Crippen molar-refractivity contribution in [3.05, 3.63) is 23.4 Å². The molecule has 0 aromatic carbocycles. The van der Waals surface area contributed by atoms with Crippen molar-refractivity contribution in [1.29, 1.82) is 0 Å². The number of hydrogen-bond donors (Lipinski definition) is 1. The highest BCUT2D eigenvalue weighted by molar-refractivity contribution is 5.90. The normalized spacial score (nSPS) is 10.0. The summed E-state index contributed by atoms with van der Waals surface area (Å²) in [5.41, 5.74) is 1.08. The molecule has 88 valence electrons. The van der Waals surface area contributed by atoms with E-state index in [1.807, 2.05) is 11.9 Å². The Labute approximate surface area is 94.7 Å². The minimum Gasteiger partial charge on any atom is -0.465 e.